The van der Waals surface area contributed by atoms with Crippen LogP contribution in [0.1, 0.15) is 64.7 Å². The van der Waals surface area contributed by atoms with Crippen LogP contribution in [-0.4, -0.2) is 97.7 Å². The highest BCUT2D eigenvalue weighted by Crippen LogP contribution is 2.29. The van der Waals surface area contributed by atoms with Gasteiger partial charge in [-0.2, -0.15) is 0 Å². The SMILES string of the molecule is CCCCC[C@H](NC(=O)C1(NC(=O)N2CCOCC2)CCCCC1)C(=O)C(=O)NN1CCOCC1. The standard InChI is InChI=1S/C24H41N5O6/c1-2-3-5-8-19(20(30)21(31)27-29-13-17-35-18-14-29)25-22(32)24(9-6-4-7-10-24)26-23(33)28-11-15-34-16-12-28/h19H,2-18H2,1H3,(H,25,32)(H,26,33)(H,27,31)/t19-/m0/s1. The van der Waals surface area contributed by atoms with Gasteiger partial charge in [-0.1, -0.05) is 45.4 Å². The summed E-state index contributed by atoms with van der Waals surface area (Å²) in [5, 5.41) is 7.52. The van der Waals surface area contributed by atoms with Crippen LogP contribution in [-0.2, 0) is 23.9 Å². The van der Waals surface area contributed by atoms with Crippen molar-refractivity contribution in [3.63, 3.8) is 0 Å². The highest BCUT2D eigenvalue weighted by Gasteiger charge is 2.43. The van der Waals surface area contributed by atoms with Gasteiger partial charge in [0.05, 0.1) is 32.5 Å². The Hall–Kier alpha value is -2.24. The van der Waals surface area contributed by atoms with E-state index in [1.54, 1.807) is 9.91 Å². The largest absolute Gasteiger partial charge is 0.379 e. The summed E-state index contributed by atoms with van der Waals surface area (Å²) in [6, 6.07) is -1.22. The molecule has 11 heteroatoms. The number of hydrazine groups is 1. The van der Waals surface area contributed by atoms with E-state index < -0.39 is 23.3 Å². The Kier molecular flexibility index (Phi) is 10.7. The van der Waals surface area contributed by atoms with Gasteiger partial charge in [-0.15, -0.1) is 0 Å². The Balaban J connectivity index is 1.68. The Morgan fingerprint density at radius 3 is 2.14 bits per heavy atom. The Morgan fingerprint density at radius 1 is 0.886 bits per heavy atom. The van der Waals surface area contributed by atoms with Crippen LogP contribution < -0.4 is 16.1 Å². The van der Waals surface area contributed by atoms with Gasteiger partial charge in [0.25, 0.3) is 0 Å². The van der Waals surface area contributed by atoms with Crippen molar-refractivity contribution in [2.75, 3.05) is 52.6 Å². The van der Waals surface area contributed by atoms with Gasteiger partial charge in [0.1, 0.15) is 5.54 Å². The third-order valence-corrected chi connectivity index (χ3v) is 7.00. The number of hydrogen-bond acceptors (Lipinski definition) is 7. The molecule has 3 N–H and O–H groups in total. The average Bonchev–Trinajstić information content (AvgIpc) is 2.89. The predicted octanol–water partition coefficient (Wildman–Crippen LogP) is 0.729. The number of rotatable bonds is 10. The van der Waals surface area contributed by atoms with E-state index in [1.807, 2.05) is 0 Å². The zero-order valence-corrected chi connectivity index (χ0v) is 20.9. The average molecular weight is 496 g/mol. The second-order valence-electron chi connectivity index (χ2n) is 9.60. The second kappa shape index (κ2) is 13.7. The van der Waals surface area contributed by atoms with Crippen molar-refractivity contribution in [3.05, 3.63) is 0 Å². The van der Waals surface area contributed by atoms with Gasteiger partial charge in [-0.25, -0.2) is 9.80 Å². The molecule has 3 aliphatic rings. The minimum atomic E-state index is -1.09. The first kappa shape index (κ1) is 27.3. The maximum atomic E-state index is 13.6. The molecule has 2 heterocycles. The summed E-state index contributed by atoms with van der Waals surface area (Å²) < 4.78 is 10.6. The Labute approximate surface area is 207 Å². The third-order valence-electron chi connectivity index (χ3n) is 7.00. The number of hydrogen-bond donors (Lipinski definition) is 3. The fourth-order valence-electron chi connectivity index (χ4n) is 4.81. The summed E-state index contributed by atoms with van der Waals surface area (Å²) in [6.07, 6.45) is 6.55. The van der Waals surface area contributed by atoms with Crippen LogP contribution >= 0.6 is 0 Å². The van der Waals surface area contributed by atoms with E-state index in [-0.39, 0.29) is 11.9 Å². The second-order valence-corrected chi connectivity index (χ2v) is 9.60. The molecule has 0 spiro atoms. The van der Waals surface area contributed by atoms with Crippen molar-refractivity contribution in [1.82, 2.24) is 26.0 Å². The van der Waals surface area contributed by atoms with Crippen LogP contribution in [0.2, 0.25) is 0 Å². The first-order valence-electron chi connectivity index (χ1n) is 13.1. The number of unbranched alkanes of at least 4 members (excludes halogenated alkanes) is 2. The van der Waals surface area contributed by atoms with Gasteiger partial charge in [-0.05, 0) is 19.3 Å². The van der Waals surface area contributed by atoms with E-state index in [9.17, 15) is 19.2 Å². The molecule has 198 valence electrons. The molecule has 3 fully saturated rings. The fraction of sp³-hybridized carbons (Fsp3) is 0.833. The Bertz CT molecular complexity index is 730. The van der Waals surface area contributed by atoms with Crippen LogP contribution in [0.4, 0.5) is 4.79 Å². The van der Waals surface area contributed by atoms with Crippen LogP contribution in [0, 0.1) is 0 Å². The normalized spacial score (nSPS) is 21.6. The predicted molar refractivity (Wildman–Crippen MR) is 128 cm³/mol. The molecule has 0 unspecified atom stereocenters. The first-order chi connectivity index (χ1) is 16.9. The minimum Gasteiger partial charge on any atom is -0.379 e. The smallest absolute Gasteiger partial charge is 0.318 e. The molecule has 35 heavy (non-hydrogen) atoms. The molecular formula is C24H41N5O6. The van der Waals surface area contributed by atoms with Gasteiger partial charge in [0.2, 0.25) is 11.7 Å². The van der Waals surface area contributed by atoms with E-state index in [0.717, 1.165) is 32.1 Å². The van der Waals surface area contributed by atoms with Crippen molar-refractivity contribution in [2.24, 2.45) is 0 Å². The lowest BCUT2D eigenvalue weighted by Gasteiger charge is -2.39. The number of carbonyl (C=O) groups excluding carboxylic acids is 4. The number of urea groups is 1. The monoisotopic (exact) mass is 495 g/mol. The van der Waals surface area contributed by atoms with Gasteiger partial charge in [-0.3, -0.25) is 19.8 Å². The number of carbonyl (C=O) groups is 4. The summed E-state index contributed by atoms with van der Waals surface area (Å²) in [5.41, 5.74) is 1.57. The van der Waals surface area contributed by atoms with Crippen molar-refractivity contribution in [2.45, 2.75) is 76.3 Å². The summed E-state index contributed by atoms with van der Waals surface area (Å²) >= 11 is 0. The van der Waals surface area contributed by atoms with Gasteiger partial charge >= 0.3 is 11.9 Å². The number of morpholine rings is 2. The van der Waals surface area contributed by atoms with E-state index in [0.29, 0.717) is 78.3 Å². The molecule has 0 aromatic heterocycles. The molecular weight excluding hydrogens is 454 g/mol. The molecule has 1 saturated carbocycles. The van der Waals surface area contributed by atoms with E-state index in [4.69, 9.17) is 9.47 Å². The Morgan fingerprint density at radius 2 is 1.51 bits per heavy atom. The number of nitrogens with one attached hydrogen (secondary N) is 3. The van der Waals surface area contributed by atoms with Crippen molar-refractivity contribution in [3.8, 4) is 0 Å². The summed E-state index contributed by atoms with van der Waals surface area (Å²) in [6.45, 7) is 5.92. The lowest BCUT2D eigenvalue weighted by molar-refractivity contribution is -0.144. The van der Waals surface area contributed by atoms with Gasteiger partial charge in [0, 0.05) is 26.2 Å². The minimum absolute atomic E-state index is 0.288. The molecule has 2 saturated heterocycles. The van der Waals surface area contributed by atoms with E-state index in [2.05, 4.69) is 23.0 Å². The zero-order chi connectivity index (χ0) is 25.1. The number of ether oxygens (including phenoxy) is 2. The lowest BCUT2D eigenvalue weighted by Crippen LogP contribution is -2.65. The summed E-state index contributed by atoms with van der Waals surface area (Å²) in [5.74, 6) is -1.78. The van der Waals surface area contributed by atoms with Crippen LogP contribution in [0.5, 0.6) is 0 Å². The molecule has 1 aliphatic carbocycles. The van der Waals surface area contributed by atoms with Crippen molar-refractivity contribution in [1.29, 1.82) is 0 Å². The molecule has 0 aromatic carbocycles. The molecule has 2 aliphatic heterocycles. The maximum absolute atomic E-state index is 13.6. The third kappa shape index (κ3) is 7.88. The number of ketones is 1. The van der Waals surface area contributed by atoms with E-state index in [1.165, 1.54) is 0 Å². The number of nitrogens with zero attached hydrogens (tertiary/aromatic N) is 2. The van der Waals surface area contributed by atoms with Gasteiger partial charge in [0.15, 0.2) is 0 Å². The lowest BCUT2D eigenvalue weighted by atomic mass is 9.80. The fourth-order valence-corrected chi connectivity index (χ4v) is 4.81. The summed E-state index contributed by atoms with van der Waals surface area (Å²) in [7, 11) is 0. The number of amides is 4. The molecule has 4 amide bonds. The highest BCUT2D eigenvalue weighted by molar-refractivity contribution is 6.38. The van der Waals surface area contributed by atoms with Gasteiger partial charge < -0.3 is 25.0 Å². The first-order valence-corrected chi connectivity index (χ1v) is 13.1. The quantitative estimate of drug-likeness (QED) is 0.301. The maximum Gasteiger partial charge on any atom is 0.318 e. The topological polar surface area (TPSA) is 129 Å². The molecule has 11 nitrogen and oxygen atoms in total. The number of Topliss-reactive ketones (excluding diaryl/α,β-unsaturated/α-hetero) is 1. The van der Waals surface area contributed by atoms with Crippen molar-refractivity contribution >= 4 is 23.6 Å². The summed E-state index contributed by atoms with van der Waals surface area (Å²) in [4.78, 5) is 54.1. The molecule has 0 radical (unpaired) electrons. The molecule has 1 atom stereocenters. The van der Waals surface area contributed by atoms with Crippen LogP contribution in [0.3, 0.4) is 0 Å². The highest BCUT2D eigenvalue weighted by atomic mass is 16.5. The molecule has 3 rings (SSSR count). The molecule has 0 bridgehead atoms. The van der Waals surface area contributed by atoms with Crippen LogP contribution in [0.25, 0.3) is 0 Å². The molecule has 0 aromatic rings. The van der Waals surface area contributed by atoms with E-state index >= 15 is 0 Å². The van der Waals surface area contributed by atoms with Crippen LogP contribution in [0.15, 0.2) is 0 Å². The van der Waals surface area contributed by atoms with Crippen molar-refractivity contribution < 1.29 is 28.7 Å². The zero-order valence-electron chi connectivity index (χ0n) is 20.9.